The van der Waals surface area contributed by atoms with Crippen LogP contribution in [0.1, 0.15) is 11.1 Å². The molecule has 0 unspecified atom stereocenters. The summed E-state index contributed by atoms with van der Waals surface area (Å²) in [6.45, 7) is 9.81. The Morgan fingerprint density at radius 3 is 2.50 bits per heavy atom. The molecule has 0 spiro atoms. The number of hydrogen-bond acceptors (Lipinski definition) is 3. The van der Waals surface area contributed by atoms with Crippen molar-refractivity contribution >= 4 is 40.3 Å². The number of anilines is 1. The molecule has 6 nitrogen and oxygen atoms in total. The van der Waals surface area contributed by atoms with E-state index >= 15 is 0 Å². The number of quaternary nitrogens is 1. The van der Waals surface area contributed by atoms with E-state index in [2.05, 4.69) is 47.5 Å². The average Bonchev–Trinajstić information content (AvgIpc) is 2.57. The first-order chi connectivity index (χ1) is 11.5. The quantitative estimate of drug-likeness (QED) is 0.375. The number of morpholine rings is 1. The molecule has 2 rings (SSSR count). The van der Waals surface area contributed by atoms with Crippen molar-refractivity contribution < 1.29 is 9.64 Å². The zero-order valence-electron chi connectivity index (χ0n) is 14.2. The Kier molecular flexibility index (Phi) is 7.64. The highest BCUT2D eigenvalue weighted by molar-refractivity contribution is 7.80. The van der Waals surface area contributed by atoms with Gasteiger partial charge < -0.3 is 20.3 Å². The zero-order chi connectivity index (χ0) is 17.4. The van der Waals surface area contributed by atoms with Crippen LogP contribution >= 0.6 is 24.4 Å². The first-order valence-electron chi connectivity index (χ1n) is 8.14. The number of thiocarbonyl (C=S) groups is 2. The maximum atomic E-state index is 5.34. The first-order valence-corrected chi connectivity index (χ1v) is 8.95. The van der Waals surface area contributed by atoms with Gasteiger partial charge in [-0.2, -0.15) is 0 Å². The molecule has 1 fully saturated rings. The van der Waals surface area contributed by atoms with E-state index < -0.39 is 0 Å². The summed E-state index contributed by atoms with van der Waals surface area (Å²) in [5.41, 5.74) is 9.22. The molecule has 1 saturated heterocycles. The smallest absolute Gasteiger partial charge is 0.189 e. The summed E-state index contributed by atoms with van der Waals surface area (Å²) < 4.78 is 5.34. The second-order valence-electron chi connectivity index (χ2n) is 5.87. The fourth-order valence-electron chi connectivity index (χ4n) is 2.40. The molecule has 5 N–H and O–H groups in total. The molecule has 0 saturated carbocycles. The van der Waals surface area contributed by atoms with Gasteiger partial charge in [-0.15, -0.1) is 0 Å². The summed E-state index contributed by atoms with van der Waals surface area (Å²) in [5.74, 6) is 0. The molecule has 132 valence electrons. The Morgan fingerprint density at radius 1 is 1.08 bits per heavy atom. The Labute approximate surface area is 154 Å². The van der Waals surface area contributed by atoms with Gasteiger partial charge >= 0.3 is 0 Å². The Bertz CT molecular complexity index is 576. The van der Waals surface area contributed by atoms with Gasteiger partial charge in [0.15, 0.2) is 10.2 Å². The molecule has 0 bridgehead atoms. The van der Waals surface area contributed by atoms with Crippen molar-refractivity contribution in [3.8, 4) is 0 Å². The second-order valence-corrected chi connectivity index (χ2v) is 6.69. The van der Waals surface area contributed by atoms with Crippen LogP contribution in [0.4, 0.5) is 5.69 Å². The molecule has 24 heavy (non-hydrogen) atoms. The lowest BCUT2D eigenvalue weighted by Gasteiger charge is -2.24. The average molecular weight is 369 g/mol. The molecule has 8 heteroatoms. The van der Waals surface area contributed by atoms with Gasteiger partial charge in [-0.3, -0.25) is 10.9 Å². The number of hydrazine groups is 1. The topological polar surface area (TPSA) is 61.8 Å². The largest absolute Gasteiger partial charge is 0.370 e. The molecule has 1 heterocycles. The van der Waals surface area contributed by atoms with Crippen LogP contribution in [0.2, 0.25) is 0 Å². The number of aryl methyl sites for hydroxylation is 2. The first kappa shape index (κ1) is 18.9. The van der Waals surface area contributed by atoms with Crippen LogP contribution in [0, 0.1) is 13.8 Å². The van der Waals surface area contributed by atoms with E-state index in [1.807, 2.05) is 6.07 Å². The van der Waals surface area contributed by atoms with Gasteiger partial charge in [0.2, 0.25) is 0 Å². The molecule has 1 aliphatic heterocycles. The third kappa shape index (κ3) is 6.56. The van der Waals surface area contributed by atoms with E-state index in [0.717, 1.165) is 45.1 Å². The Morgan fingerprint density at radius 2 is 1.79 bits per heavy atom. The lowest BCUT2D eigenvalue weighted by Crippen LogP contribution is -3.14. The predicted octanol–water partition coefficient (Wildman–Crippen LogP) is -0.116. The van der Waals surface area contributed by atoms with Crippen LogP contribution < -0.4 is 26.4 Å². The minimum Gasteiger partial charge on any atom is -0.370 e. The van der Waals surface area contributed by atoms with Crippen molar-refractivity contribution in [3.05, 3.63) is 29.3 Å². The summed E-state index contributed by atoms with van der Waals surface area (Å²) in [7, 11) is 0. The lowest BCUT2D eigenvalue weighted by atomic mass is 10.1. The monoisotopic (exact) mass is 368 g/mol. The highest BCUT2D eigenvalue weighted by Gasteiger charge is 2.12. The third-order valence-electron chi connectivity index (χ3n) is 4.02. The van der Waals surface area contributed by atoms with Crippen LogP contribution in [0.15, 0.2) is 18.2 Å². The highest BCUT2D eigenvalue weighted by atomic mass is 32.1. The third-order valence-corrected chi connectivity index (χ3v) is 4.47. The predicted molar refractivity (Wildman–Crippen MR) is 105 cm³/mol. The molecule has 1 aromatic rings. The summed E-state index contributed by atoms with van der Waals surface area (Å²) in [6.07, 6.45) is 0. The number of rotatable bonds is 4. The second kappa shape index (κ2) is 9.73. The van der Waals surface area contributed by atoms with E-state index in [1.165, 1.54) is 16.0 Å². The van der Waals surface area contributed by atoms with Crippen LogP contribution in [0.3, 0.4) is 0 Å². The van der Waals surface area contributed by atoms with Crippen LogP contribution in [0.25, 0.3) is 0 Å². The van der Waals surface area contributed by atoms with Crippen molar-refractivity contribution in [3.63, 3.8) is 0 Å². The Balaban J connectivity index is 1.61. The lowest BCUT2D eigenvalue weighted by molar-refractivity contribution is -0.906. The number of benzene rings is 1. The van der Waals surface area contributed by atoms with E-state index in [-0.39, 0.29) is 0 Å². The molecule has 0 radical (unpaired) electrons. The van der Waals surface area contributed by atoms with Gasteiger partial charge in [0, 0.05) is 5.69 Å². The molecule has 0 amide bonds. The normalized spacial score (nSPS) is 14.8. The maximum Gasteiger partial charge on any atom is 0.189 e. The standard InChI is InChI=1S/C16H25N5OS2/c1-12-3-4-14(11-13(12)2)18-16(24)20-19-15(23)17-5-6-21-7-9-22-10-8-21/h3-4,11H,5-10H2,1-2H3,(H2,17,19,23)(H2,18,20,24)/p+1. The molecular weight excluding hydrogens is 342 g/mol. The molecular formula is C16H26N5OS2+. The van der Waals surface area contributed by atoms with Crippen molar-refractivity contribution in [2.24, 2.45) is 0 Å². The molecule has 0 aliphatic carbocycles. The van der Waals surface area contributed by atoms with Gasteiger partial charge in [-0.25, -0.2) is 0 Å². The molecule has 1 aliphatic rings. The number of nitrogens with one attached hydrogen (secondary N) is 5. The van der Waals surface area contributed by atoms with Crippen molar-refractivity contribution in [2.45, 2.75) is 13.8 Å². The molecule has 0 atom stereocenters. The van der Waals surface area contributed by atoms with Crippen molar-refractivity contribution in [1.29, 1.82) is 0 Å². The fraction of sp³-hybridized carbons (Fsp3) is 0.500. The van der Waals surface area contributed by atoms with Crippen molar-refractivity contribution in [2.75, 3.05) is 44.7 Å². The molecule has 1 aromatic carbocycles. The van der Waals surface area contributed by atoms with Crippen molar-refractivity contribution in [1.82, 2.24) is 16.2 Å². The van der Waals surface area contributed by atoms with Crippen LogP contribution in [-0.2, 0) is 4.74 Å². The molecule has 0 aromatic heterocycles. The zero-order valence-corrected chi connectivity index (χ0v) is 15.8. The van der Waals surface area contributed by atoms with Crippen LogP contribution in [-0.4, -0.2) is 49.6 Å². The van der Waals surface area contributed by atoms with Crippen LogP contribution in [0.5, 0.6) is 0 Å². The van der Waals surface area contributed by atoms with Gasteiger partial charge in [-0.05, 0) is 61.5 Å². The fourth-order valence-corrected chi connectivity index (χ4v) is 2.72. The Hall–Kier alpha value is -1.48. The summed E-state index contributed by atoms with van der Waals surface area (Å²) in [4.78, 5) is 1.54. The van der Waals surface area contributed by atoms with Gasteiger partial charge in [0.05, 0.1) is 26.3 Å². The SMILES string of the molecule is Cc1ccc(NC(=S)NNC(=S)NCC[NH+]2CCOCC2)cc1C. The minimum absolute atomic E-state index is 0.473. The minimum atomic E-state index is 0.473. The maximum absolute atomic E-state index is 5.34. The van der Waals surface area contributed by atoms with Gasteiger partial charge in [0.25, 0.3) is 0 Å². The summed E-state index contributed by atoms with van der Waals surface area (Å²) in [6, 6.07) is 6.12. The highest BCUT2D eigenvalue weighted by Crippen LogP contribution is 2.13. The van der Waals surface area contributed by atoms with E-state index in [9.17, 15) is 0 Å². The van der Waals surface area contributed by atoms with E-state index in [0.29, 0.717) is 10.2 Å². The summed E-state index contributed by atoms with van der Waals surface area (Å²) >= 11 is 10.5. The van der Waals surface area contributed by atoms with E-state index in [1.54, 1.807) is 0 Å². The van der Waals surface area contributed by atoms with Gasteiger partial charge in [0.1, 0.15) is 13.1 Å². The van der Waals surface area contributed by atoms with Gasteiger partial charge in [-0.1, -0.05) is 6.07 Å². The number of ether oxygens (including phenoxy) is 1. The number of hydrogen-bond donors (Lipinski definition) is 5. The van der Waals surface area contributed by atoms with E-state index in [4.69, 9.17) is 29.2 Å². The summed E-state index contributed by atoms with van der Waals surface area (Å²) in [5, 5.41) is 7.31.